The summed E-state index contributed by atoms with van der Waals surface area (Å²) in [5.41, 5.74) is -0.237. The first kappa shape index (κ1) is 8.64. The smallest absolute Gasteiger partial charge is 0.0680 e. The number of rotatable bonds is 2. The molecular weight excluding hydrogens is 144 g/mol. The molecule has 1 fully saturated rings. The van der Waals surface area contributed by atoms with Crippen LogP contribution in [0.4, 0.5) is 0 Å². The van der Waals surface area contributed by atoms with Crippen LogP contribution in [0.15, 0.2) is 0 Å². The van der Waals surface area contributed by atoms with Crippen molar-refractivity contribution in [1.29, 1.82) is 5.41 Å². The molecule has 4 nitrogen and oxygen atoms in total. The fraction of sp³-hybridized carbons (Fsp3) is 0.857. The Morgan fingerprint density at radius 1 is 1.55 bits per heavy atom. The van der Waals surface area contributed by atoms with Crippen molar-refractivity contribution in [3.8, 4) is 0 Å². The zero-order valence-electron chi connectivity index (χ0n) is 6.67. The number of nitrogens with zero attached hydrogens (tertiary/aromatic N) is 1. The van der Waals surface area contributed by atoms with Crippen molar-refractivity contribution < 1.29 is 10.2 Å². The Morgan fingerprint density at radius 3 is 2.27 bits per heavy atom. The Balaban J connectivity index is 2.76. The van der Waals surface area contributed by atoms with Crippen molar-refractivity contribution >= 4 is 5.71 Å². The van der Waals surface area contributed by atoms with Gasteiger partial charge in [-0.25, -0.2) is 0 Å². The van der Waals surface area contributed by atoms with E-state index in [0.717, 1.165) is 0 Å². The molecule has 0 atom stereocenters. The quantitative estimate of drug-likeness (QED) is 0.479. The highest BCUT2D eigenvalue weighted by Crippen LogP contribution is 2.24. The molecule has 1 rings (SSSR count). The van der Waals surface area contributed by atoms with Gasteiger partial charge in [0.15, 0.2) is 0 Å². The minimum Gasteiger partial charge on any atom is -0.395 e. The maximum absolute atomic E-state index is 8.98. The van der Waals surface area contributed by atoms with Gasteiger partial charge in [0.05, 0.1) is 18.6 Å². The van der Waals surface area contributed by atoms with Crippen LogP contribution in [0.2, 0.25) is 0 Å². The summed E-state index contributed by atoms with van der Waals surface area (Å²) in [6.45, 7) is 0.874. The molecule has 0 amide bonds. The van der Waals surface area contributed by atoms with Crippen molar-refractivity contribution in [3.05, 3.63) is 0 Å². The van der Waals surface area contributed by atoms with E-state index in [4.69, 9.17) is 15.6 Å². The van der Waals surface area contributed by atoms with Crippen molar-refractivity contribution in [1.82, 2.24) is 4.90 Å². The Labute approximate surface area is 66.0 Å². The predicted molar refractivity (Wildman–Crippen MR) is 41.8 cm³/mol. The second-order valence-electron chi connectivity index (χ2n) is 3.25. The van der Waals surface area contributed by atoms with E-state index in [0.29, 0.717) is 18.8 Å². The summed E-state index contributed by atoms with van der Waals surface area (Å²) in [7, 11) is 1.88. The van der Waals surface area contributed by atoms with Crippen LogP contribution in [-0.2, 0) is 0 Å². The second kappa shape index (κ2) is 2.89. The third kappa shape index (κ3) is 1.29. The molecule has 0 radical (unpaired) electrons. The molecular formula is C7H14N2O2. The third-order valence-electron chi connectivity index (χ3n) is 2.25. The monoisotopic (exact) mass is 158 g/mol. The van der Waals surface area contributed by atoms with Crippen LogP contribution in [0, 0.1) is 10.8 Å². The van der Waals surface area contributed by atoms with Crippen molar-refractivity contribution in [2.24, 2.45) is 5.41 Å². The summed E-state index contributed by atoms with van der Waals surface area (Å²) < 4.78 is 0. The number of aliphatic hydroxyl groups excluding tert-OH is 2. The lowest BCUT2D eigenvalue weighted by molar-refractivity contribution is 0.101. The number of likely N-dealkylation sites (tertiary alicyclic amines) is 1. The van der Waals surface area contributed by atoms with Crippen LogP contribution in [0.3, 0.4) is 0 Å². The van der Waals surface area contributed by atoms with Gasteiger partial charge in [0.2, 0.25) is 0 Å². The molecule has 0 saturated carbocycles. The lowest BCUT2D eigenvalue weighted by Crippen LogP contribution is -2.37. The van der Waals surface area contributed by atoms with E-state index in [-0.39, 0.29) is 13.2 Å². The molecule has 0 spiro atoms. The van der Waals surface area contributed by atoms with Gasteiger partial charge in [0.1, 0.15) is 0 Å². The number of hydrogen-bond acceptors (Lipinski definition) is 4. The topological polar surface area (TPSA) is 67.6 Å². The van der Waals surface area contributed by atoms with E-state index in [1.54, 1.807) is 0 Å². The highest BCUT2D eigenvalue weighted by molar-refractivity contribution is 5.91. The van der Waals surface area contributed by atoms with Crippen LogP contribution >= 0.6 is 0 Å². The van der Waals surface area contributed by atoms with Gasteiger partial charge in [-0.2, -0.15) is 0 Å². The van der Waals surface area contributed by atoms with E-state index in [1.165, 1.54) is 0 Å². The van der Waals surface area contributed by atoms with Crippen molar-refractivity contribution in [3.63, 3.8) is 0 Å². The predicted octanol–water partition coefficient (Wildman–Crippen LogP) is -1.08. The van der Waals surface area contributed by atoms with Gasteiger partial charge >= 0.3 is 0 Å². The molecule has 0 aromatic carbocycles. The largest absolute Gasteiger partial charge is 0.395 e. The molecule has 0 bridgehead atoms. The van der Waals surface area contributed by atoms with Gasteiger partial charge in [-0.3, -0.25) is 4.90 Å². The van der Waals surface area contributed by atoms with Crippen LogP contribution in [0.5, 0.6) is 0 Å². The maximum Gasteiger partial charge on any atom is 0.0680 e. The first-order chi connectivity index (χ1) is 5.14. The first-order valence-corrected chi connectivity index (χ1v) is 3.63. The van der Waals surface area contributed by atoms with Gasteiger partial charge in [0, 0.05) is 18.8 Å². The SMILES string of the molecule is CN1CC(=N)C(CO)(CO)C1. The molecule has 4 heteroatoms. The third-order valence-corrected chi connectivity index (χ3v) is 2.25. The van der Waals surface area contributed by atoms with E-state index < -0.39 is 5.41 Å². The standard InChI is InChI=1S/C7H14N2O2/c1-9-2-6(8)7(3-9,4-10)5-11/h8,10-11H,2-5H2,1H3. The summed E-state index contributed by atoms with van der Waals surface area (Å²) in [5.74, 6) is 0. The average molecular weight is 158 g/mol. The molecule has 1 aliphatic rings. The molecule has 1 aliphatic heterocycles. The number of aliphatic hydroxyl groups is 2. The fourth-order valence-corrected chi connectivity index (χ4v) is 1.45. The van der Waals surface area contributed by atoms with Gasteiger partial charge in [-0.1, -0.05) is 0 Å². The molecule has 11 heavy (non-hydrogen) atoms. The van der Waals surface area contributed by atoms with Crippen LogP contribution in [0.1, 0.15) is 0 Å². The zero-order valence-corrected chi connectivity index (χ0v) is 6.67. The maximum atomic E-state index is 8.98. The van der Waals surface area contributed by atoms with Crippen LogP contribution in [0.25, 0.3) is 0 Å². The van der Waals surface area contributed by atoms with Gasteiger partial charge in [-0.15, -0.1) is 0 Å². The fourth-order valence-electron chi connectivity index (χ4n) is 1.45. The molecule has 1 saturated heterocycles. The van der Waals surface area contributed by atoms with Crippen LogP contribution in [-0.4, -0.2) is 54.2 Å². The van der Waals surface area contributed by atoms with Crippen molar-refractivity contribution in [2.75, 3.05) is 33.4 Å². The first-order valence-electron chi connectivity index (χ1n) is 3.63. The highest BCUT2D eigenvalue weighted by Gasteiger charge is 2.40. The average Bonchev–Trinajstić information content (AvgIpc) is 2.27. The van der Waals surface area contributed by atoms with E-state index in [1.807, 2.05) is 11.9 Å². The number of hydrogen-bond donors (Lipinski definition) is 3. The van der Waals surface area contributed by atoms with E-state index >= 15 is 0 Å². The summed E-state index contributed by atoms with van der Waals surface area (Å²) in [4.78, 5) is 1.93. The summed E-state index contributed by atoms with van der Waals surface area (Å²) in [6.07, 6.45) is 0. The Morgan fingerprint density at radius 2 is 2.09 bits per heavy atom. The van der Waals surface area contributed by atoms with E-state index in [2.05, 4.69) is 0 Å². The summed E-state index contributed by atoms with van der Waals surface area (Å²) >= 11 is 0. The molecule has 0 unspecified atom stereocenters. The van der Waals surface area contributed by atoms with Crippen LogP contribution < -0.4 is 0 Å². The highest BCUT2D eigenvalue weighted by atomic mass is 16.3. The zero-order chi connectivity index (χ0) is 8.48. The van der Waals surface area contributed by atoms with Crippen molar-refractivity contribution in [2.45, 2.75) is 0 Å². The number of nitrogens with one attached hydrogen (secondary N) is 1. The lowest BCUT2D eigenvalue weighted by atomic mass is 9.87. The second-order valence-corrected chi connectivity index (χ2v) is 3.25. The molecule has 64 valence electrons. The molecule has 0 aromatic heterocycles. The Hall–Kier alpha value is -0.450. The lowest BCUT2D eigenvalue weighted by Gasteiger charge is -2.23. The summed E-state index contributed by atoms with van der Waals surface area (Å²) in [5, 5.41) is 25.5. The van der Waals surface area contributed by atoms with Gasteiger partial charge < -0.3 is 15.6 Å². The van der Waals surface area contributed by atoms with E-state index in [9.17, 15) is 0 Å². The Kier molecular flexibility index (Phi) is 2.27. The minimum atomic E-state index is -0.672. The molecule has 0 aromatic rings. The minimum absolute atomic E-state index is 0.132. The molecule has 3 N–H and O–H groups in total. The molecule has 0 aliphatic carbocycles. The Bertz CT molecular complexity index is 166. The van der Waals surface area contributed by atoms with Gasteiger partial charge in [-0.05, 0) is 7.05 Å². The normalized spacial score (nSPS) is 24.5. The molecule has 1 heterocycles. The van der Waals surface area contributed by atoms with Gasteiger partial charge in [0.25, 0.3) is 0 Å². The summed E-state index contributed by atoms with van der Waals surface area (Å²) in [6, 6.07) is 0.